The van der Waals surface area contributed by atoms with Gasteiger partial charge in [0.2, 0.25) is 0 Å². The van der Waals surface area contributed by atoms with Crippen LogP contribution >= 0.6 is 0 Å². The lowest BCUT2D eigenvalue weighted by molar-refractivity contribution is -0.159. The summed E-state index contributed by atoms with van der Waals surface area (Å²) in [6.07, 6.45) is 4.38. The first-order chi connectivity index (χ1) is 13.5. The quantitative estimate of drug-likeness (QED) is 0.763. The molecule has 1 aromatic heterocycles. The van der Waals surface area contributed by atoms with E-state index in [1.165, 1.54) is 37.2 Å². The van der Waals surface area contributed by atoms with Crippen LogP contribution in [0.4, 0.5) is 0 Å². The van der Waals surface area contributed by atoms with Gasteiger partial charge in [-0.25, -0.2) is 9.59 Å². The zero-order valence-electron chi connectivity index (χ0n) is 16.1. The summed E-state index contributed by atoms with van der Waals surface area (Å²) in [4.78, 5) is 27.7. The van der Waals surface area contributed by atoms with E-state index in [0.717, 1.165) is 13.1 Å². The topological polar surface area (TPSA) is 94.0 Å². The van der Waals surface area contributed by atoms with Gasteiger partial charge >= 0.3 is 11.9 Å². The van der Waals surface area contributed by atoms with Crippen LogP contribution in [0.15, 0.2) is 54.7 Å². The van der Waals surface area contributed by atoms with E-state index in [1.807, 2.05) is 12.3 Å². The van der Waals surface area contributed by atoms with Gasteiger partial charge in [-0.1, -0.05) is 36.4 Å². The molecule has 1 aromatic carbocycles. The first-order valence-corrected chi connectivity index (χ1v) is 9.28. The molecule has 0 unspecified atom stereocenters. The highest BCUT2D eigenvalue weighted by Gasteiger charge is 2.22. The molecule has 1 aliphatic heterocycles. The van der Waals surface area contributed by atoms with Crippen LogP contribution in [0.1, 0.15) is 24.1 Å². The SMILES string of the molecule is CN(Cc1ccccc1)C1CCN(Cc2ccccn2)CC1.O=C(O)C(=O)O. The van der Waals surface area contributed by atoms with E-state index in [9.17, 15) is 0 Å². The van der Waals surface area contributed by atoms with Gasteiger partial charge in [0.1, 0.15) is 0 Å². The van der Waals surface area contributed by atoms with Crippen molar-refractivity contribution in [2.24, 2.45) is 0 Å². The van der Waals surface area contributed by atoms with E-state index in [0.29, 0.717) is 6.04 Å². The van der Waals surface area contributed by atoms with Gasteiger partial charge in [-0.2, -0.15) is 0 Å². The number of hydrogen-bond donors (Lipinski definition) is 2. The molecule has 0 aliphatic carbocycles. The standard InChI is InChI=1S/C19H25N3.C2H2O4/c1-21(15-17-7-3-2-4-8-17)19-10-13-22(14-11-19)16-18-9-5-6-12-20-18;3-1(4)2(5)6/h2-9,12,19H,10-11,13-16H2,1H3;(H,3,4)(H,5,6). The third-order valence-electron chi connectivity index (χ3n) is 4.75. The van der Waals surface area contributed by atoms with Crippen LogP contribution in [-0.4, -0.2) is 63.1 Å². The van der Waals surface area contributed by atoms with Crippen molar-refractivity contribution in [1.29, 1.82) is 0 Å². The van der Waals surface area contributed by atoms with Gasteiger partial charge in [0.05, 0.1) is 5.69 Å². The molecule has 1 aliphatic rings. The largest absolute Gasteiger partial charge is 0.473 e. The zero-order valence-corrected chi connectivity index (χ0v) is 16.1. The van der Waals surface area contributed by atoms with Crippen molar-refractivity contribution < 1.29 is 19.8 Å². The number of piperidine rings is 1. The van der Waals surface area contributed by atoms with Crippen LogP contribution in [0.3, 0.4) is 0 Å². The van der Waals surface area contributed by atoms with Crippen LogP contribution in [-0.2, 0) is 22.7 Å². The minimum Gasteiger partial charge on any atom is -0.473 e. The lowest BCUT2D eigenvalue weighted by Crippen LogP contribution is -2.42. The Balaban J connectivity index is 0.000000409. The number of carboxylic acids is 2. The summed E-state index contributed by atoms with van der Waals surface area (Å²) in [5.41, 5.74) is 2.58. The number of rotatable bonds is 5. The van der Waals surface area contributed by atoms with E-state index in [-0.39, 0.29) is 0 Å². The van der Waals surface area contributed by atoms with E-state index < -0.39 is 11.9 Å². The molecule has 0 spiro atoms. The smallest absolute Gasteiger partial charge is 0.414 e. The molecule has 1 fully saturated rings. The van der Waals surface area contributed by atoms with Crippen molar-refractivity contribution in [3.8, 4) is 0 Å². The van der Waals surface area contributed by atoms with E-state index in [4.69, 9.17) is 19.8 Å². The van der Waals surface area contributed by atoms with Crippen molar-refractivity contribution >= 4 is 11.9 Å². The number of aromatic nitrogens is 1. The van der Waals surface area contributed by atoms with E-state index >= 15 is 0 Å². The molecule has 2 aromatic rings. The monoisotopic (exact) mass is 385 g/mol. The summed E-state index contributed by atoms with van der Waals surface area (Å²) in [5.74, 6) is -3.65. The molecule has 0 amide bonds. The number of pyridine rings is 1. The summed E-state index contributed by atoms with van der Waals surface area (Å²) in [6, 6.07) is 17.6. The third-order valence-corrected chi connectivity index (χ3v) is 4.75. The summed E-state index contributed by atoms with van der Waals surface area (Å²) < 4.78 is 0. The molecule has 150 valence electrons. The Morgan fingerprint density at radius 2 is 1.64 bits per heavy atom. The second-order valence-electron chi connectivity index (χ2n) is 6.84. The number of carboxylic acid groups (broad SMARTS) is 2. The molecule has 7 nitrogen and oxygen atoms in total. The number of benzene rings is 1. The highest BCUT2D eigenvalue weighted by Crippen LogP contribution is 2.18. The van der Waals surface area contributed by atoms with Gasteiger partial charge in [0.15, 0.2) is 0 Å². The molecule has 0 bridgehead atoms. The molecule has 0 atom stereocenters. The summed E-state index contributed by atoms with van der Waals surface area (Å²) >= 11 is 0. The van der Waals surface area contributed by atoms with Gasteiger partial charge in [-0.15, -0.1) is 0 Å². The van der Waals surface area contributed by atoms with Gasteiger partial charge in [0, 0.05) is 38.4 Å². The van der Waals surface area contributed by atoms with Crippen LogP contribution in [0.2, 0.25) is 0 Å². The number of nitrogens with zero attached hydrogens (tertiary/aromatic N) is 3. The summed E-state index contributed by atoms with van der Waals surface area (Å²) in [5, 5.41) is 14.8. The fraction of sp³-hybridized carbons (Fsp3) is 0.381. The fourth-order valence-electron chi connectivity index (χ4n) is 3.24. The molecule has 2 heterocycles. The number of hydrogen-bond acceptors (Lipinski definition) is 5. The third kappa shape index (κ3) is 7.46. The molecule has 3 rings (SSSR count). The van der Waals surface area contributed by atoms with Gasteiger partial charge in [0.25, 0.3) is 0 Å². The molecule has 1 saturated heterocycles. The minimum absolute atomic E-state index is 0.695. The zero-order chi connectivity index (χ0) is 20.4. The fourth-order valence-corrected chi connectivity index (χ4v) is 3.24. The van der Waals surface area contributed by atoms with Crippen LogP contribution in [0, 0.1) is 0 Å². The first-order valence-electron chi connectivity index (χ1n) is 9.28. The van der Waals surface area contributed by atoms with Crippen molar-refractivity contribution in [1.82, 2.24) is 14.8 Å². The molecule has 28 heavy (non-hydrogen) atoms. The summed E-state index contributed by atoms with van der Waals surface area (Å²) in [6.45, 7) is 4.36. The lowest BCUT2D eigenvalue weighted by atomic mass is 10.0. The Kier molecular flexibility index (Phi) is 8.58. The Labute approximate surface area is 165 Å². The Bertz CT molecular complexity index is 720. The Morgan fingerprint density at radius 1 is 1.04 bits per heavy atom. The lowest BCUT2D eigenvalue weighted by Gasteiger charge is -2.36. The predicted molar refractivity (Wildman–Crippen MR) is 106 cm³/mol. The predicted octanol–water partition coefficient (Wildman–Crippen LogP) is 2.33. The molecular weight excluding hydrogens is 358 g/mol. The molecule has 0 radical (unpaired) electrons. The molecule has 0 saturated carbocycles. The highest BCUT2D eigenvalue weighted by molar-refractivity contribution is 6.27. The van der Waals surface area contributed by atoms with Crippen molar-refractivity contribution in [3.05, 3.63) is 66.0 Å². The normalized spacial score (nSPS) is 14.9. The van der Waals surface area contributed by atoms with Crippen molar-refractivity contribution in [2.45, 2.75) is 32.0 Å². The van der Waals surface area contributed by atoms with Crippen LogP contribution in [0.25, 0.3) is 0 Å². The summed E-state index contributed by atoms with van der Waals surface area (Å²) in [7, 11) is 2.26. The van der Waals surface area contributed by atoms with Crippen molar-refractivity contribution in [2.75, 3.05) is 20.1 Å². The van der Waals surface area contributed by atoms with E-state index in [1.54, 1.807) is 0 Å². The minimum atomic E-state index is -1.82. The Morgan fingerprint density at radius 3 is 2.18 bits per heavy atom. The van der Waals surface area contributed by atoms with E-state index in [2.05, 4.69) is 64.3 Å². The highest BCUT2D eigenvalue weighted by atomic mass is 16.4. The van der Waals surface area contributed by atoms with Gasteiger partial charge in [-0.3, -0.25) is 14.8 Å². The van der Waals surface area contributed by atoms with Crippen LogP contribution in [0.5, 0.6) is 0 Å². The second-order valence-corrected chi connectivity index (χ2v) is 6.84. The number of aliphatic carboxylic acids is 2. The maximum atomic E-state index is 9.10. The molecular formula is C21H27N3O4. The van der Waals surface area contributed by atoms with Gasteiger partial charge < -0.3 is 10.2 Å². The number of likely N-dealkylation sites (tertiary alicyclic amines) is 1. The molecule has 7 heteroatoms. The average molecular weight is 385 g/mol. The Hall–Kier alpha value is -2.77. The maximum Gasteiger partial charge on any atom is 0.414 e. The maximum absolute atomic E-state index is 9.10. The van der Waals surface area contributed by atoms with Crippen LogP contribution < -0.4 is 0 Å². The van der Waals surface area contributed by atoms with Crippen molar-refractivity contribution in [3.63, 3.8) is 0 Å². The molecule has 2 N–H and O–H groups in total. The first kappa shape index (κ1) is 21.5. The van der Waals surface area contributed by atoms with Gasteiger partial charge in [-0.05, 0) is 37.6 Å². The average Bonchev–Trinajstić information content (AvgIpc) is 2.70. The number of carbonyl (C=O) groups is 2. The second kappa shape index (κ2) is 11.2.